The molecule has 0 aliphatic carbocycles. The first-order valence-corrected chi connectivity index (χ1v) is 7.96. The molecule has 3 heteroatoms. The zero-order chi connectivity index (χ0) is 15.2. The summed E-state index contributed by atoms with van der Waals surface area (Å²) in [5.74, 6) is 0.0828. The number of carbonyl (C=O) groups excluding carboxylic acids is 1. The Labute approximate surface area is 134 Å². The maximum absolute atomic E-state index is 12.1. The highest BCUT2D eigenvalue weighted by Gasteiger charge is 2.08. The third-order valence-corrected chi connectivity index (χ3v) is 3.93. The monoisotopic (exact) mass is 345 g/mol. The SMILES string of the molecule is Cc1cc(Br)cc(C)c1NC(=O)CCCc1ccccc1. The van der Waals surface area contributed by atoms with Crippen LogP contribution in [0.1, 0.15) is 29.5 Å². The topological polar surface area (TPSA) is 29.1 Å². The number of hydrogen-bond donors (Lipinski definition) is 1. The molecule has 0 aliphatic rings. The summed E-state index contributed by atoms with van der Waals surface area (Å²) < 4.78 is 1.04. The summed E-state index contributed by atoms with van der Waals surface area (Å²) in [6, 6.07) is 14.3. The van der Waals surface area contributed by atoms with E-state index in [1.165, 1.54) is 5.56 Å². The van der Waals surface area contributed by atoms with Gasteiger partial charge in [-0.25, -0.2) is 0 Å². The molecule has 0 aromatic heterocycles. The van der Waals surface area contributed by atoms with Crippen molar-refractivity contribution in [3.05, 3.63) is 63.6 Å². The van der Waals surface area contributed by atoms with E-state index in [1.807, 2.05) is 44.2 Å². The molecular formula is C18H20BrNO. The minimum Gasteiger partial charge on any atom is -0.326 e. The quantitative estimate of drug-likeness (QED) is 0.809. The van der Waals surface area contributed by atoms with E-state index in [0.717, 1.165) is 34.1 Å². The van der Waals surface area contributed by atoms with Crippen LogP contribution in [0.15, 0.2) is 46.9 Å². The van der Waals surface area contributed by atoms with Crippen molar-refractivity contribution in [3.8, 4) is 0 Å². The molecule has 0 saturated carbocycles. The van der Waals surface area contributed by atoms with Crippen molar-refractivity contribution in [1.82, 2.24) is 0 Å². The predicted octanol–water partition coefficient (Wildman–Crippen LogP) is 5.03. The second-order valence-corrected chi connectivity index (χ2v) is 6.22. The van der Waals surface area contributed by atoms with Gasteiger partial charge in [0.15, 0.2) is 0 Å². The first-order chi connectivity index (χ1) is 10.1. The Balaban J connectivity index is 1.88. The van der Waals surface area contributed by atoms with Crippen molar-refractivity contribution >= 4 is 27.5 Å². The molecule has 0 fully saturated rings. The summed E-state index contributed by atoms with van der Waals surface area (Å²) >= 11 is 3.47. The average molecular weight is 346 g/mol. The fraction of sp³-hybridized carbons (Fsp3) is 0.278. The lowest BCUT2D eigenvalue weighted by atomic mass is 10.1. The van der Waals surface area contributed by atoms with E-state index in [2.05, 4.69) is 33.4 Å². The molecule has 21 heavy (non-hydrogen) atoms. The standard InChI is InChI=1S/C18H20BrNO/c1-13-11-16(19)12-14(2)18(13)20-17(21)10-6-9-15-7-4-3-5-8-15/h3-5,7-8,11-12H,6,9-10H2,1-2H3,(H,20,21). The summed E-state index contributed by atoms with van der Waals surface area (Å²) in [5.41, 5.74) is 4.38. The molecular weight excluding hydrogens is 326 g/mol. The summed E-state index contributed by atoms with van der Waals surface area (Å²) in [4.78, 5) is 12.1. The van der Waals surface area contributed by atoms with Crippen LogP contribution in [0, 0.1) is 13.8 Å². The number of carbonyl (C=O) groups is 1. The molecule has 0 heterocycles. The summed E-state index contributed by atoms with van der Waals surface area (Å²) in [6.45, 7) is 4.02. The molecule has 0 spiro atoms. The van der Waals surface area contributed by atoms with Gasteiger partial charge >= 0.3 is 0 Å². The highest BCUT2D eigenvalue weighted by Crippen LogP contribution is 2.25. The number of aryl methyl sites for hydroxylation is 3. The van der Waals surface area contributed by atoms with Crippen molar-refractivity contribution in [2.75, 3.05) is 5.32 Å². The Hall–Kier alpha value is -1.61. The molecule has 2 aromatic carbocycles. The van der Waals surface area contributed by atoms with E-state index < -0.39 is 0 Å². The summed E-state index contributed by atoms with van der Waals surface area (Å²) in [6.07, 6.45) is 2.35. The van der Waals surface area contributed by atoms with E-state index in [4.69, 9.17) is 0 Å². The van der Waals surface area contributed by atoms with Crippen LogP contribution in [0.5, 0.6) is 0 Å². The van der Waals surface area contributed by atoms with Crippen molar-refractivity contribution in [2.45, 2.75) is 33.1 Å². The van der Waals surface area contributed by atoms with Gasteiger partial charge in [-0.1, -0.05) is 46.3 Å². The maximum Gasteiger partial charge on any atom is 0.224 e. The van der Waals surface area contributed by atoms with Crippen LogP contribution in [0.25, 0.3) is 0 Å². The number of rotatable bonds is 5. The molecule has 2 aromatic rings. The first kappa shape index (κ1) is 15.8. The lowest BCUT2D eigenvalue weighted by molar-refractivity contribution is -0.116. The van der Waals surface area contributed by atoms with E-state index >= 15 is 0 Å². The van der Waals surface area contributed by atoms with E-state index in [0.29, 0.717) is 6.42 Å². The summed E-state index contributed by atoms with van der Waals surface area (Å²) in [5, 5.41) is 3.03. The number of hydrogen-bond acceptors (Lipinski definition) is 1. The van der Waals surface area contributed by atoms with Crippen molar-refractivity contribution < 1.29 is 4.79 Å². The van der Waals surface area contributed by atoms with E-state index in [9.17, 15) is 4.79 Å². The zero-order valence-corrected chi connectivity index (χ0v) is 14.0. The second kappa shape index (κ2) is 7.41. The smallest absolute Gasteiger partial charge is 0.224 e. The third kappa shape index (κ3) is 4.71. The van der Waals surface area contributed by atoms with Crippen LogP contribution in [-0.2, 0) is 11.2 Å². The Kier molecular flexibility index (Phi) is 5.57. The summed E-state index contributed by atoms with van der Waals surface area (Å²) in [7, 11) is 0. The van der Waals surface area contributed by atoms with Gasteiger partial charge in [-0.05, 0) is 55.5 Å². The van der Waals surface area contributed by atoms with Crippen molar-refractivity contribution in [2.24, 2.45) is 0 Å². The Morgan fingerprint density at radius 3 is 2.33 bits per heavy atom. The molecule has 0 unspecified atom stereocenters. The Morgan fingerprint density at radius 1 is 1.10 bits per heavy atom. The van der Waals surface area contributed by atoms with Crippen LogP contribution >= 0.6 is 15.9 Å². The lowest BCUT2D eigenvalue weighted by Gasteiger charge is -2.12. The predicted molar refractivity (Wildman–Crippen MR) is 91.6 cm³/mol. The molecule has 0 saturated heterocycles. The minimum absolute atomic E-state index is 0.0828. The van der Waals surface area contributed by atoms with Gasteiger partial charge in [0.2, 0.25) is 5.91 Å². The van der Waals surface area contributed by atoms with Crippen LogP contribution in [0.4, 0.5) is 5.69 Å². The molecule has 0 atom stereocenters. The largest absolute Gasteiger partial charge is 0.326 e. The Bertz CT molecular complexity index is 599. The second-order valence-electron chi connectivity index (χ2n) is 5.30. The molecule has 2 nitrogen and oxygen atoms in total. The molecule has 2 rings (SSSR count). The lowest BCUT2D eigenvalue weighted by Crippen LogP contribution is -2.13. The number of amides is 1. The molecule has 0 aliphatic heterocycles. The number of halogens is 1. The molecule has 1 amide bonds. The van der Waals surface area contributed by atoms with E-state index in [-0.39, 0.29) is 5.91 Å². The van der Waals surface area contributed by atoms with E-state index in [1.54, 1.807) is 0 Å². The normalized spacial score (nSPS) is 10.4. The van der Waals surface area contributed by atoms with Crippen molar-refractivity contribution in [3.63, 3.8) is 0 Å². The van der Waals surface area contributed by atoms with Gasteiger partial charge in [-0.3, -0.25) is 4.79 Å². The zero-order valence-electron chi connectivity index (χ0n) is 12.4. The van der Waals surface area contributed by atoms with Gasteiger partial charge in [-0.15, -0.1) is 0 Å². The number of nitrogens with one attached hydrogen (secondary N) is 1. The van der Waals surface area contributed by atoms with Gasteiger partial charge in [0.25, 0.3) is 0 Å². The fourth-order valence-electron chi connectivity index (χ4n) is 2.41. The molecule has 0 radical (unpaired) electrons. The van der Waals surface area contributed by atoms with Crippen LogP contribution in [0.2, 0.25) is 0 Å². The third-order valence-electron chi connectivity index (χ3n) is 3.47. The van der Waals surface area contributed by atoms with Gasteiger partial charge in [0.05, 0.1) is 0 Å². The van der Waals surface area contributed by atoms with Crippen LogP contribution < -0.4 is 5.32 Å². The van der Waals surface area contributed by atoms with Crippen LogP contribution in [0.3, 0.4) is 0 Å². The van der Waals surface area contributed by atoms with Gasteiger partial charge in [0.1, 0.15) is 0 Å². The fourth-order valence-corrected chi connectivity index (χ4v) is 3.09. The minimum atomic E-state index is 0.0828. The Morgan fingerprint density at radius 2 is 1.71 bits per heavy atom. The average Bonchev–Trinajstić information content (AvgIpc) is 2.44. The highest BCUT2D eigenvalue weighted by molar-refractivity contribution is 9.10. The maximum atomic E-state index is 12.1. The van der Waals surface area contributed by atoms with Gasteiger partial charge in [-0.2, -0.15) is 0 Å². The molecule has 1 N–H and O–H groups in total. The first-order valence-electron chi connectivity index (χ1n) is 7.17. The molecule has 0 bridgehead atoms. The van der Waals surface area contributed by atoms with Crippen molar-refractivity contribution in [1.29, 1.82) is 0 Å². The number of anilines is 1. The number of benzene rings is 2. The van der Waals surface area contributed by atoms with Gasteiger partial charge < -0.3 is 5.32 Å². The van der Waals surface area contributed by atoms with Gasteiger partial charge in [0, 0.05) is 16.6 Å². The van der Waals surface area contributed by atoms with Crippen LogP contribution in [-0.4, -0.2) is 5.91 Å². The highest BCUT2D eigenvalue weighted by atomic mass is 79.9. The molecule has 110 valence electrons.